The Morgan fingerprint density at radius 1 is 1.37 bits per heavy atom. The summed E-state index contributed by atoms with van der Waals surface area (Å²) in [6.07, 6.45) is 0. The van der Waals surface area contributed by atoms with E-state index in [1.807, 2.05) is 14.0 Å². The zero-order valence-corrected chi connectivity index (χ0v) is 12.9. The van der Waals surface area contributed by atoms with Crippen LogP contribution < -0.4 is 5.32 Å². The normalized spacial score (nSPS) is 20.9. The summed E-state index contributed by atoms with van der Waals surface area (Å²) in [5.74, 6) is 2.13. The second-order valence-corrected chi connectivity index (χ2v) is 6.27. The van der Waals surface area contributed by atoms with Gasteiger partial charge in [0.25, 0.3) is 0 Å². The Hall–Kier alpha value is -0.840. The van der Waals surface area contributed by atoms with Gasteiger partial charge in [-0.05, 0) is 40.9 Å². The summed E-state index contributed by atoms with van der Waals surface area (Å²) in [5.41, 5.74) is 1.51. The van der Waals surface area contributed by atoms with Crippen LogP contribution in [0.1, 0.15) is 30.9 Å². The fraction of sp³-hybridized carbons (Fsp3) is 0.733. The number of nitrogens with one attached hydrogen (secondary N) is 1. The predicted molar refractivity (Wildman–Crippen MR) is 78.2 cm³/mol. The summed E-state index contributed by atoms with van der Waals surface area (Å²) in [7, 11) is 4.18. The molecule has 4 nitrogen and oxygen atoms in total. The molecule has 1 aliphatic rings. The molecule has 19 heavy (non-hydrogen) atoms. The van der Waals surface area contributed by atoms with E-state index >= 15 is 0 Å². The summed E-state index contributed by atoms with van der Waals surface area (Å²) in [6.45, 7) is 11.8. The molecular weight excluding hydrogens is 238 g/mol. The number of furan rings is 1. The molecule has 0 amide bonds. The smallest absolute Gasteiger partial charge is 0.118 e. The van der Waals surface area contributed by atoms with Crippen molar-refractivity contribution in [2.24, 2.45) is 0 Å². The maximum Gasteiger partial charge on any atom is 0.118 e. The van der Waals surface area contributed by atoms with Crippen molar-refractivity contribution in [2.45, 2.75) is 39.4 Å². The fourth-order valence-corrected chi connectivity index (χ4v) is 2.73. The molecular formula is C15H27N3O. The monoisotopic (exact) mass is 265 g/mol. The van der Waals surface area contributed by atoms with Gasteiger partial charge in [0.2, 0.25) is 0 Å². The first-order chi connectivity index (χ1) is 8.92. The van der Waals surface area contributed by atoms with Crippen molar-refractivity contribution in [3.8, 4) is 0 Å². The van der Waals surface area contributed by atoms with E-state index in [4.69, 9.17) is 4.42 Å². The Morgan fingerprint density at radius 3 is 2.74 bits per heavy atom. The van der Waals surface area contributed by atoms with Gasteiger partial charge in [-0.3, -0.25) is 9.80 Å². The van der Waals surface area contributed by atoms with Gasteiger partial charge in [-0.2, -0.15) is 0 Å². The average Bonchev–Trinajstić information content (AvgIpc) is 2.65. The molecule has 1 aromatic heterocycles. The largest absolute Gasteiger partial charge is 0.465 e. The Bertz CT molecular complexity index is 425. The van der Waals surface area contributed by atoms with E-state index in [1.165, 1.54) is 5.56 Å². The molecule has 1 aromatic rings. The lowest BCUT2D eigenvalue weighted by atomic mass is 10.00. The summed E-state index contributed by atoms with van der Waals surface area (Å²) in [6, 6.07) is 2.19. The van der Waals surface area contributed by atoms with Crippen LogP contribution in [0.3, 0.4) is 0 Å². The van der Waals surface area contributed by atoms with Crippen LogP contribution in [0.15, 0.2) is 10.5 Å². The minimum absolute atomic E-state index is 0.244. The van der Waals surface area contributed by atoms with E-state index in [9.17, 15) is 0 Å². The van der Waals surface area contributed by atoms with Crippen LogP contribution in [0.5, 0.6) is 0 Å². The number of hydrogen-bond donors (Lipinski definition) is 1. The molecule has 0 saturated carbocycles. The molecule has 4 heteroatoms. The quantitative estimate of drug-likeness (QED) is 0.900. The van der Waals surface area contributed by atoms with E-state index in [2.05, 4.69) is 42.1 Å². The number of likely N-dealkylation sites (N-methyl/N-ethyl adjacent to an activating group) is 1. The van der Waals surface area contributed by atoms with E-state index in [1.54, 1.807) is 0 Å². The molecule has 0 radical (unpaired) electrons. The van der Waals surface area contributed by atoms with Gasteiger partial charge in [-0.1, -0.05) is 0 Å². The minimum Gasteiger partial charge on any atom is -0.465 e. The molecule has 0 aliphatic carbocycles. The average molecular weight is 265 g/mol. The van der Waals surface area contributed by atoms with Crippen molar-refractivity contribution in [1.29, 1.82) is 0 Å². The Kier molecular flexibility index (Phi) is 4.33. The third kappa shape index (κ3) is 3.38. The van der Waals surface area contributed by atoms with Gasteiger partial charge < -0.3 is 9.73 Å². The van der Waals surface area contributed by atoms with Crippen molar-refractivity contribution in [3.63, 3.8) is 0 Å². The molecule has 1 saturated heterocycles. The van der Waals surface area contributed by atoms with Gasteiger partial charge in [-0.15, -0.1) is 0 Å². The van der Waals surface area contributed by atoms with Crippen LogP contribution in [-0.4, -0.2) is 49.1 Å². The molecule has 1 fully saturated rings. The Balaban J connectivity index is 2.00. The number of nitrogens with zero attached hydrogens (tertiary/aromatic N) is 2. The third-order valence-electron chi connectivity index (χ3n) is 4.21. The molecule has 2 heterocycles. The lowest BCUT2D eigenvalue weighted by molar-refractivity contribution is 0.0327. The zero-order chi connectivity index (χ0) is 14.0. The minimum atomic E-state index is 0.244. The molecule has 0 unspecified atom stereocenters. The first kappa shape index (κ1) is 14.6. The highest BCUT2D eigenvalue weighted by Gasteiger charge is 2.31. The van der Waals surface area contributed by atoms with Crippen LogP contribution in [0, 0.1) is 6.92 Å². The van der Waals surface area contributed by atoms with Crippen molar-refractivity contribution >= 4 is 0 Å². The van der Waals surface area contributed by atoms with Gasteiger partial charge in [0.15, 0.2) is 0 Å². The summed E-state index contributed by atoms with van der Waals surface area (Å²) < 4.78 is 5.87. The van der Waals surface area contributed by atoms with Gasteiger partial charge in [0.1, 0.15) is 11.5 Å². The lowest BCUT2D eigenvalue weighted by Gasteiger charge is -2.45. The molecule has 0 atom stereocenters. The first-order valence-corrected chi connectivity index (χ1v) is 7.09. The zero-order valence-electron chi connectivity index (χ0n) is 12.9. The molecule has 1 aliphatic heterocycles. The Morgan fingerprint density at radius 2 is 2.11 bits per heavy atom. The fourth-order valence-electron chi connectivity index (χ4n) is 2.73. The molecule has 1 N–H and O–H groups in total. The number of aryl methyl sites for hydroxylation is 1. The maximum atomic E-state index is 5.87. The predicted octanol–water partition coefficient (Wildman–Crippen LogP) is 1.83. The highest BCUT2D eigenvalue weighted by molar-refractivity contribution is 5.20. The molecule has 0 bridgehead atoms. The SMILES string of the molecule is CNCc1cc(CN2CCN(C)C(C)(C)C2)oc1C. The lowest BCUT2D eigenvalue weighted by Crippen LogP contribution is -2.57. The number of rotatable bonds is 4. The van der Waals surface area contributed by atoms with Crippen LogP contribution in [-0.2, 0) is 13.1 Å². The van der Waals surface area contributed by atoms with Crippen molar-refractivity contribution < 1.29 is 4.42 Å². The van der Waals surface area contributed by atoms with Crippen LogP contribution in [0.2, 0.25) is 0 Å². The molecule has 2 rings (SSSR count). The van der Waals surface area contributed by atoms with Crippen LogP contribution in [0.25, 0.3) is 0 Å². The van der Waals surface area contributed by atoms with Crippen molar-refractivity contribution in [2.75, 3.05) is 33.7 Å². The second kappa shape index (κ2) is 5.65. The molecule has 0 aromatic carbocycles. The topological polar surface area (TPSA) is 31.6 Å². The summed E-state index contributed by atoms with van der Waals surface area (Å²) >= 11 is 0. The van der Waals surface area contributed by atoms with E-state index in [0.29, 0.717) is 0 Å². The number of piperazine rings is 1. The van der Waals surface area contributed by atoms with Gasteiger partial charge in [-0.25, -0.2) is 0 Å². The van der Waals surface area contributed by atoms with E-state index < -0.39 is 0 Å². The maximum absolute atomic E-state index is 5.87. The van der Waals surface area contributed by atoms with Crippen molar-refractivity contribution in [3.05, 3.63) is 23.2 Å². The van der Waals surface area contributed by atoms with Gasteiger partial charge in [0, 0.05) is 37.3 Å². The standard InChI is InChI=1S/C15H27N3O/c1-12-13(9-16-4)8-14(19-12)10-18-7-6-17(5)15(2,3)11-18/h8,16H,6-7,9-11H2,1-5H3. The van der Waals surface area contributed by atoms with Crippen LogP contribution >= 0.6 is 0 Å². The Labute approximate surface area is 116 Å². The second-order valence-electron chi connectivity index (χ2n) is 6.27. The summed E-state index contributed by atoms with van der Waals surface area (Å²) in [5, 5.41) is 3.18. The highest BCUT2D eigenvalue weighted by atomic mass is 16.3. The molecule has 108 valence electrons. The van der Waals surface area contributed by atoms with Gasteiger partial charge >= 0.3 is 0 Å². The van der Waals surface area contributed by atoms with Gasteiger partial charge in [0.05, 0.1) is 6.54 Å². The molecule has 0 spiro atoms. The highest BCUT2D eigenvalue weighted by Crippen LogP contribution is 2.22. The van der Waals surface area contributed by atoms with Crippen molar-refractivity contribution in [1.82, 2.24) is 15.1 Å². The number of hydrogen-bond acceptors (Lipinski definition) is 4. The summed E-state index contributed by atoms with van der Waals surface area (Å²) in [4.78, 5) is 4.92. The van der Waals surface area contributed by atoms with E-state index in [0.717, 1.165) is 44.2 Å². The van der Waals surface area contributed by atoms with Crippen LogP contribution in [0.4, 0.5) is 0 Å². The first-order valence-electron chi connectivity index (χ1n) is 7.09. The van der Waals surface area contributed by atoms with E-state index in [-0.39, 0.29) is 5.54 Å². The third-order valence-corrected chi connectivity index (χ3v) is 4.21.